The molecule has 72 valence electrons. The summed E-state index contributed by atoms with van der Waals surface area (Å²) in [5.41, 5.74) is 0.641. The third-order valence-electron chi connectivity index (χ3n) is 1.89. The van der Waals surface area contributed by atoms with Gasteiger partial charge in [0.05, 0.1) is 7.11 Å². The second-order valence-corrected chi connectivity index (χ2v) is 2.78. The van der Waals surface area contributed by atoms with E-state index in [9.17, 15) is 4.79 Å². The molecule has 2 aromatic heterocycles. The first-order chi connectivity index (χ1) is 6.70. The van der Waals surface area contributed by atoms with Gasteiger partial charge in [-0.15, -0.1) is 0 Å². The van der Waals surface area contributed by atoms with Gasteiger partial charge in [-0.1, -0.05) is 0 Å². The lowest BCUT2D eigenvalue weighted by Crippen LogP contribution is -1.95. The number of aromatic carboxylic acids is 1. The van der Waals surface area contributed by atoms with E-state index in [1.54, 1.807) is 12.1 Å². The number of aromatic amines is 1. The van der Waals surface area contributed by atoms with Crippen LogP contribution in [0, 0.1) is 0 Å². The van der Waals surface area contributed by atoms with E-state index in [0.29, 0.717) is 11.5 Å². The number of ether oxygens (including phenoxy) is 1. The Bertz CT molecular complexity index is 490. The van der Waals surface area contributed by atoms with Crippen LogP contribution in [-0.2, 0) is 0 Å². The number of nitrogens with zero attached hydrogens (tertiary/aromatic N) is 1. The topological polar surface area (TPSA) is 75.2 Å². The highest BCUT2D eigenvalue weighted by molar-refractivity contribution is 5.92. The maximum absolute atomic E-state index is 10.6. The fraction of sp³-hybridized carbons (Fsp3) is 0.111. The van der Waals surface area contributed by atoms with Crippen LogP contribution in [0.5, 0.6) is 5.88 Å². The predicted octanol–water partition coefficient (Wildman–Crippen LogP) is 1.27. The summed E-state index contributed by atoms with van der Waals surface area (Å²) in [5.74, 6) is -0.543. The highest BCUT2D eigenvalue weighted by atomic mass is 16.5. The number of carbonyl (C=O) groups is 1. The zero-order chi connectivity index (χ0) is 10.1. The van der Waals surface area contributed by atoms with Crippen molar-refractivity contribution in [3.63, 3.8) is 0 Å². The van der Waals surface area contributed by atoms with Gasteiger partial charge in [-0.05, 0) is 12.1 Å². The largest absolute Gasteiger partial charge is 0.481 e. The van der Waals surface area contributed by atoms with Gasteiger partial charge in [0.25, 0.3) is 0 Å². The fourth-order valence-electron chi connectivity index (χ4n) is 1.22. The Labute approximate surface area is 79.3 Å². The van der Waals surface area contributed by atoms with Crippen molar-refractivity contribution in [1.82, 2.24) is 9.97 Å². The second kappa shape index (κ2) is 3.02. The molecular weight excluding hydrogens is 184 g/mol. The Morgan fingerprint density at radius 1 is 1.57 bits per heavy atom. The molecule has 0 aliphatic heterocycles. The molecule has 0 spiro atoms. The van der Waals surface area contributed by atoms with Crippen molar-refractivity contribution in [2.45, 2.75) is 0 Å². The number of aromatic nitrogens is 2. The first kappa shape index (κ1) is 8.55. The van der Waals surface area contributed by atoms with Gasteiger partial charge in [0.2, 0.25) is 5.88 Å². The van der Waals surface area contributed by atoms with Gasteiger partial charge in [-0.3, -0.25) is 0 Å². The molecule has 14 heavy (non-hydrogen) atoms. The smallest absolute Gasteiger partial charge is 0.352 e. The number of carboxylic acid groups (broad SMARTS) is 1. The predicted molar refractivity (Wildman–Crippen MR) is 49.6 cm³/mol. The van der Waals surface area contributed by atoms with Crippen LogP contribution < -0.4 is 4.74 Å². The zero-order valence-electron chi connectivity index (χ0n) is 7.44. The number of methoxy groups -OCH3 is 1. The van der Waals surface area contributed by atoms with Gasteiger partial charge in [0.15, 0.2) is 0 Å². The van der Waals surface area contributed by atoms with Crippen molar-refractivity contribution < 1.29 is 14.6 Å². The first-order valence-corrected chi connectivity index (χ1v) is 3.98. The van der Waals surface area contributed by atoms with Crippen LogP contribution in [0.15, 0.2) is 18.2 Å². The molecule has 0 radical (unpaired) electrons. The number of carboxylic acids is 1. The Kier molecular flexibility index (Phi) is 1.85. The molecule has 0 saturated carbocycles. The molecule has 2 rings (SSSR count). The summed E-state index contributed by atoms with van der Waals surface area (Å²) in [6, 6.07) is 4.97. The number of hydrogen-bond donors (Lipinski definition) is 2. The molecule has 2 aromatic rings. The Balaban J connectivity index is 2.60. The average Bonchev–Trinajstić information content (AvgIpc) is 2.59. The molecule has 2 N–H and O–H groups in total. The van der Waals surface area contributed by atoms with Crippen molar-refractivity contribution in [3.8, 4) is 5.88 Å². The summed E-state index contributed by atoms with van der Waals surface area (Å²) in [5, 5.41) is 9.48. The molecule has 0 saturated heterocycles. The fourth-order valence-corrected chi connectivity index (χ4v) is 1.22. The summed E-state index contributed by atoms with van der Waals surface area (Å²) < 4.78 is 4.91. The van der Waals surface area contributed by atoms with Crippen LogP contribution in [0.3, 0.4) is 0 Å². The van der Waals surface area contributed by atoms with Crippen LogP contribution in [0.25, 0.3) is 11.0 Å². The van der Waals surface area contributed by atoms with Gasteiger partial charge in [0, 0.05) is 11.5 Å². The van der Waals surface area contributed by atoms with Crippen LogP contribution in [0.1, 0.15) is 10.5 Å². The molecule has 0 aliphatic rings. The monoisotopic (exact) mass is 192 g/mol. The summed E-state index contributed by atoms with van der Waals surface area (Å²) in [6.07, 6.45) is 0. The third kappa shape index (κ3) is 1.28. The highest BCUT2D eigenvalue weighted by Gasteiger charge is 2.08. The number of H-pyrrole nitrogens is 1. The van der Waals surface area contributed by atoms with Crippen LogP contribution >= 0.6 is 0 Å². The van der Waals surface area contributed by atoms with Crippen LogP contribution in [-0.4, -0.2) is 28.2 Å². The van der Waals surface area contributed by atoms with Crippen molar-refractivity contribution in [2.75, 3.05) is 7.11 Å². The highest BCUT2D eigenvalue weighted by Crippen LogP contribution is 2.16. The summed E-state index contributed by atoms with van der Waals surface area (Å²) >= 11 is 0. The molecule has 0 bridgehead atoms. The molecule has 0 atom stereocenters. The molecule has 0 aliphatic carbocycles. The molecule has 0 fully saturated rings. The maximum Gasteiger partial charge on any atom is 0.352 e. The number of nitrogens with one attached hydrogen (secondary N) is 1. The molecule has 5 nitrogen and oxygen atoms in total. The molecule has 0 amide bonds. The van der Waals surface area contributed by atoms with Gasteiger partial charge < -0.3 is 14.8 Å². The molecule has 0 aromatic carbocycles. The van der Waals surface area contributed by atoms with Crippen molar-refractivity contribution in [1.29, 1.82) is 0 Å². The van der Waals surface area contributed by atoms with Crippen LogP contribution in [0.2, 0.25) is 0 Å². The standard InChI is InChI=1S/C9H8N2O3/c1-14-7-3-2-5-4-6(9(12)13)10-8(5)11-7/h2-4H,1H3,(H,10,11)(H,12,13). The molecular formula is C9H8N2O3. The third-order valence-corrected chi connectivity index (χ3v) is 1.89. The molecule has 2 heterocycles. The van der Waals surface area contributed by atoms with Gasteiger partial charge in [-0.25, -0.2) is 4.79 Å². The minimum Gasteiger partial charge on any atom is -0.481 e. The lowest BCUT2D eigenvalue weighted by molar-refractivity contribution is 0.0691. The normalized spacial score (nSPS) is 10.4. The Morgan fingerprint density at radius 2 is 2.36 bits per heavy atom. The average molecular weight is 192 g/mol. The van der Waals surface area contributed by atoms with E-state index in [4.69, 9.17) is 9.84 Å². The van der Waals surface area contributed by atoms with Gasteiger partial charge in [0.1, 0.15) is 11.3 Å². The Morgan fingerprint density at radius 3 is 3.00 bits per heavy atom. The lowest BCUT2D eigenvalue weighted by atomic mass is 10.3. The number of pyridine rings is 1. The van der Waals surface area contributed by atoms with Crippen molar-refractivity contribution in [3.05, 3.63) is 23.9 Å². The van der Waals surface area contributed by atoms with Gasteiger partial charge >= 0.3 is 5.97 Å². The van der Waals surface area contributed by atoms with Crippen molar-refractivity contribution in [2.24, 2.45) is 0 Å². The quantitative estimate of drug-likeness (QED) is 0.751. The summed E-state index contributed by atoms with van der Waals surface area (Å²) in [7, 11) is 1.51. The first-order valence-electron chi connectivity index (χ1n) is 3.98. The van der Waals surface area contributed by atoms with Gasteiger partial charge in [-0.2, -0.15) is 4.98 Å². The van der Waals surface area contributed by atoms with E-state index >= 15 is 0 Å². The number of rotatable bonds is 2. The zero-order valence-corrected chi connectivity index (χ0v) is 7.44. The van der Waals surface area contributed by atoms with Crippen LogP contribution in [0.4, 0.5) is 0 Å². The summed E-state index contributed by atoms with van der Waals surface area (Å²) in [6.45, 7) is 0. The second-order valence-electron chi connectivity index (χ2n) is 2.78. The van der Waals surface area contributed by atoms with Crippen molar-refractivity contribution >= 4 is 17.0 Å². The van der Waals surface area contributed by atoms with E-state index in [0.717, 1.165) is 5.39 Å². The van der Waals surface area contributed by atoms with E-state index in [-0.39, 0.29) is 5.69 Å². The number of hydrogen-bond acceptors (Lipinski definition) is 3. The summed E-state index contributed by atoms with van der Waals surface area (Å²) in [4.78, 5) is 17.4. The van der Waals surface area contributed by atoms with E-state index in [1.807, 2.05) is 0 Å². The minimum atomic E-state index is -0.998. The maximum atomic E-state index is 10.6. The minimum absolute atomic E-state index is 0.126. The van der Waals surface area contributed by atoms with E-state index in [1.165, 1.54) is 13.2 Å². The number of fused-ring (bicyclic) bond motifs is 1. The Hall–Kier alpha value is -2.04. The molecule has 5 heteroatoms. The SMILES string of the molecule is COc1ccc2cc(C(=O)O)[nH]c2n1. The lowest BCUT2D eigenvalue weighted by Gasteiger charge is -1.96. The van der Waals surface area contributed by atoms with E-state index < -0.39 is 5.97 Å². The molecule has 0 unspecified atom stereocenters. The van der Waals surface area contributed by atoms with E-state index in [2.05, 4.69) is 9.97 Å².